The molecule has 5 nitrogen and oxygen atoms in total. The van der Waals surface area contributed by atoms with Gasteiger partial charge >= 0.3 is 0 Å². The number of hydrogen-bond donors (Lipinski definition) is 2. The van der Waals surface area contributed by atoms with Crippen molar-refractivity contribution in [2.45, 2.75) is 13.0 Å². The summed E-state index contributed by atoms with van der Waals surface area (Å²) in [6.07, 6.45) is 0.209. The normalized spacial score (nSPS) is 19.0. The van der Waals surface area contributed by atoms with Crippen LogP contribution in [0.3, 0.4) is 0 Å². The molecule has 1 aliphatic heterocycles. The first kappa shape index (κ1) is 14.0. The zero-order valence-corrected chi connectivity index (χ0v) is 11.8. The van der Waals surface area contributed by atoms with Gasteiger partial charge in [-0.15, -0.1) is 0 Å². The van der Waals surface area contributed by atoms with Crippen LogP contribution in [-0.4, -0.2) is 46.6 Å². The monoisotopic (exact) mass is 266 g/mol. The second-order valence-electron chi connectivity index (χ2n) is 4.60. The van der Waals surface area contributed by atoms with Crippen LogP contribution >= 0.6 is 0 Å². The van der Waals surface area contributed by atoms with Crippen molar-refractivity contribution < 1.29 is 14.2 Å². The highest BCUT2D eigenvalue weighted by Gasteiger charge is 2.14. The Labute approximate surface area is 114 Å². The van der Waals surface area contributed by atoms with Crippen LogP contribution in [0.4, 0.5) is 5.69 Å². The molecule has 1 heterocycles. The highest BCUT2D eigenvalue weighted by molar-refractivity contribution is 5.60. The first-order valence-corrected chi connectivity index (χ1v) is 6.53. The lowest BCUT2D eigenvalue weighted by Gasteiger charge is -2.24. The van der Waals surface area contributed by atoms with Gasteiger partial charge < -0.3 is 24.8 Å². The summed E-state index contributed by atoms with van der Waals surface area (Å²) in [5.41, 5.74) is 2.17. The third-order valence-corrected chi connectivity index (χ3v) is 3.26. The van der Waals surface area contributed by atoms with Gasteiger partial charge in [-0.3, -0.25) is 0 Å². The van der Waals surface area contributed by atoms with E-state index in [1.54, 1.807) is 14.2 Å². The van der Waals surface area contributed by atoms with Crippen molar-refractivity contribution in [1.29, 1.82) is 0 Å². The fraction of sp³-hybridized carbons (Fsp3) is 0.571. The maximum absolute atomic E-state index is 5.66. The van der Waals surface area contributed by atoms with Crippen molar-refractivity contribution in [2.75, 3.05) is 45.8 Å². The van der Waals surface area contributed by atoms with Crippen molar-refractivity contribution in [1.82, 2.24) is 5.32 Å². The van der Waals surface area contributed by atoms with Crippen LogP contribution in [0, 0.1) is 6.92 Å². The number of anilines is 1. The number of morpholine rings is 1. The number of ether oxygens (including phenoxy) is 3. The van der Waals surface area contributed by atoms with Crippen molar-refractivity contribution in [2.24, 2.45) is 0 Å². The number of methoxy groups -OCH3 is 2. The van der Waals surface area contributed by atoms with Gasteiger partial charge in [-0.1, -0.05) is 0 Å². The molecule has 2 N–H and O–H groups in total. The molecule has 0 spiro atoms. The van der Waals surface area contributed by atoms with Gasteiger partial charge in [-0.2, -0.15) is 0 Å². The van der Waals surface area contributed by atoms with Crippen molar-refractivity contribution in [3.8, 4) is 11.5 Å². The lowest BCUT2D eigenvalue weighted by Crippen LogP contribution is -2.42. The van der Waals surface area contributed by atoms with Gasteiger partial charge in [0.1, 0.15) is 0 Å². The van der Waals surface area contributed by atoms with Gasteiger partial charge in [0.05, 0.1) is 26.9 Å². The minimum atomic E-state index is 0.209. The highest BCUT2D eigenvalue weighted by Crippen LogP contribution is 2.32. The van der Waals surface area contributed by atoms with Gasteiger partial charge in [-0.05, 0) is 18.6 Å². The fourth-order valence-electron chi connectivity index (χ4n) is 2.15. The number of rotatable bonds is 5. The molecule has 1 aliphatic rings. The first-order valence-electron chi connectivity index (χ1n) is 6.53. The molecule has 0 amide bonds. The number of nitrogens with one attached hydrogen (secondary N) is 2. The fourth-order valence-corrected chi connectivity index (χ4v) is 2.15. The number of aryl methyl sites for hydroxylation is 1. The summed E-state index contributed by atoms with van der Waals surface area (Å²) in [7, 11) is 3.29. The number of hydrogen-bond acceptors (Lipinski definition) is 5. The molecule has 1 aromatic rings. The largest absolute Gasteiger partial charge is 0.493 e. The second-order valence-corrected chi connectivity index (χ2v) is 4.60. The van der Waals surface area contributed by atoms with Crippen LogP contribution in [-0.2, 0) is 4.74 Å². The van der Waals surface area contributed by atoms with Crippen molar-refractivity contribution >= 4 is 5.69 Å². The van der Waals surface area contributed by atoms with E-state index in [-0.39, 0.29) is 6.10 Å². The van der Waals surface area contributed by atoms with E-state index >= 15 is 0 Å². The zero-order chi connectivity index (χ0) is 13.7. The summed E-state index contributed by atoms with van der Waals surface area (Å²) in [5.74, 6) is 1.49. The van der Waals surface area contributed by atoms with Crippen molar-refractivity contribution in [3.63, 3.8) is 0 Å². The maximum atomic E-state index is 5.66. The molecule has 0 aliphatic carbocycles. The van der Waals surface area contributed by atoms with Gasteiger partial charge in [0.2, 0.25) is 0 Å². The van der Waals surface area contributed by atoms with Gasteiger partial charge in [-0.25, -0.2) is 0 Å². The first-order chi connectivity index (χ1) is 9.24. The molecule has 19 heavy (non-hydrogen) atoms. The molecule has 1 fully saturated rings. The van der Waals surface area contributed by atoms with Crippen molar-refractivity contribution in [3.05, 3.63) is 17.7 Å². The predicted octanol–water partition coefficient (Wildman–Crippen LogP) is 1.41. The molecule has 0 radical (unpaired) electrons. The Hall–Kier alpha value is -1.46. The van der Waals surface area contributed by atoms with E-state index in [4.69, 9.17) is 14.2 Å². The average Bonchev–Trinajstić information content (AvgIpc) is 2.46. The van der Waals surface area contributed by atoms with Crippen LogP contribution in [0.1, 0.15) is 5.56 Å². The van der Waals surface area contributed by atoms with Gasteiger partial charge in [0.25, 0.3) is 0 Å². The van der Waals surface area contributed by atoms with Crippen LogP contribution in [0.25, 0.3) is 0 Å². The summed E-state index contributed by atoms with van der Waals surface area (Å²) >= 11 is 0. The summed E-state index contributed by atoms with van der Waals surface area (Å²) in [6.45, 7) is 5.43. The third kappa shape index (κ3) is 3.52. The Morgan fingerprint density at radius 1 is 1.32 bits per heavy atom. The van der Waals surface area contributed by atoms with E-state index < -0.39 is 0 Å². The van der Waals surface area contributed by atoms with Crippen LogP contribution in [0.15, 0.2) is 12.1 Å². The second kappa shape index (κ2) is 6.63. The third-order valence-electron chi connectivity index (χ3n) is 3.26. The Morgan fingerprint density at radius 2 is 2.05 bits per heavy atom. The van der Waals surface area contributed by atoms with E-state index in [1.807, 2.05) is 19.1 Å². The molecule has 0 aromatic heterocycles. The topological polar surface area (TPSA) is 51.8 Å². The van der Waals surface area contributed by atoms with Crippen LogP contribution in [0.5, 0.6) is 11.5 Å². The van der Waals surface area contributed by atoms with Gasteiger partial charge in [0.15, 0.2) is 11.5 Å². The van der Waals surface area contributed by atoms with E-state index in [0.717, 1.165) is 49.0 Å². The SMILES string of the molecule is COc1cc(C)c(NCC2CNCCO2)cc1OC. The zero-order valence-electron chi connectivity index (χ0n) is 11.8. The Balaban J connectivity index is 2.02. The molecular formula is C14H22N2O3. The average molecular weight is 266 g/mol. The molecule has 1 saturated heterocycles. The summed E-state index contributed by atoms with van der Waals surface area (Å²) in [5, 5.41) is 6.72. The summed E-state index contributed by atoms with van der Waals surface area (Å²) < 4.78 is 16.3. The van der Waals surface area contributed by atoms with Gasteiger partial charge in [0, 0.05) is 31.4 Å². The summed E-state index contributed by atoms with van der Waals surface area (Å²) in [4.78, 5) is 0. The molecule has 0 saturated carbocycles. The molecule has 1 unspecified atom stereocenters. The molecular weight excluding hydrogens is 244 g/mol. The number of benzene rings is 1. The summed E-state index contributed by atoms with van der Waals surface area (Å²) in [6, 6.07) is 3.94. The molecule has 1 aromatic carbocycles. The van der Waals surface area contributed by atoms with E-state index in [1.165, 1.54) is 0 Å². The molecule has 2 rings (SSSR count). The molecule has 0 bridgehead atoms. The molecule has 106 valence electrons. The Kier molecular flexibility index (Phi) is 4.87. The Bertz CT molecular complexity index is 417. The predicted molar refractivity (Wildman–Crippen MR) is 75.4 cm³/mol. The lowest BCUT2D eigenvalue weighted by molar-refractivity contribution is 0.0372. The molecule has 1 atom stereocenters. The smallest absolute Gasteiger partial charge is 0.162 e. The minimum absolute atomic E-state index is 0.209. The van der Waals surface area contributed by atoms with E-state index in [2.05, 4.69) is 10.6 Å². The minimum Gasteiger partial charge on any atom is -0.493 e. The lowest BCUT2D eigenvalue weighted by atomic mass is 10.1. The highest BCUT2D eigenvalue weighted by atomic mass is 16.5. The maximum Gasteiger partial charge on any atom is 0.162 e. The molecule has 5 heteroatoms. The Morgan fingerprint density at radius 3 is 2.68 bits per heavy atom. The van der Waals surface area contributed by atoms with E-state index in [0.29, 0.717) is 0 Å². The van der Waals surface area contributed by atoms with Crippen LogP contribution < -0.4 is 20.1 Å². The van der Waals surface area contributed by atoms with Crippen LogP contribution in [0.2, 0.25) is 0 Å². The quantitative estimate of drug-likeness (QED) is 0.844. The standard InChI is InChI=1S/C14H22N2O3/c1-10-6-13(17-2)14(18-3)7-12(10)16-9-11-8-15-4-5-19-11/h6-7,11,15-16H,4-5,8-9H2,1-3H3. The van der Waals surface area contributed by atoms with E-state index in [9.17, 15) is 0 Å².